The van der Waals surface area contributed by atoms with Gasteiger partial charge in [-0.25, -0.2) is 0 Å². The van der Waals surface area contributed by atoms with Crippen LogP contribution < -0.4 is 4.68 Å². The first-order valence-corrected chi connectivity index (χ1v) is 7.86. The Labute approximate surface area is 112 Å². The third-order valence-corrected chi connectivity index (χ3v) is 4.95. The van der Waals surface area contributed by atoms with Crippen LogP contribution in [0.1, 0.15) is 6.42 Å². The van der Waals surface area contributed by atoms with E-state index in [0.717, 1.165) is 10.9 Å². The number of aromatic nitrogens is 2. The third kappa shape index (κ3) is 3.60. The zero-order valence-corrected chi connectivity index (χ0v) is 12.0. The quantitative estimate of drug-likeness (QED) is 0.602. The molecule has 0 saturated carbocycles. The first-order valence-electron chi connectivity index (χ1n) is 6.13. The van der Waals surface area contributed by atoms with Gasteiger partial charge in [-0.2, -0.15) is 0 Å². The Morgan fingerprint density at radius 2 is 1.95 bits per heavy atom. The maximum absolute atomic E-state index is 11.9. The van der Waals surface area contributed by atoms with Crippen LogP contribution in [0.2, 0.25) is 0 Å². The largest absolute Gasteiger partial charge is 0.330 e. The van der Waals surface area contributed by atoms with Crippen molar-refractivity contribution >= 4 is 18.5 Å². The molecule has 1 heterocycles. The summed E-state index contributed by atoms with van der Waals surface area (Å²) in [6.07, 6.45) is 3.00. The van der Waals surface area contributed by atoms with Crippen molar-refractivity contribution in [3.05, 3.63) is 36.5 Å². The van der Waals surface area contributed by atoms with Crippen LogP contribution in [-0.4, -0.2) is 25.5 Å². The highest BCUT2D eigenvalue weighted by Gasteiger charge is 2.21. The van der Waals surface area contributed by atoms with Gasteiger partial charge in [-0.3, -0.25) is 4.57 Å². The van der Waals surface area contributed by atoms with Crippen LogP contribution in [0.15, 0.2) is 36.5 Å². The van der Waals surface area contributed by atoms with Crippen LogP contribution in [0.5, 0.6) is 0 Å². The van der Waals surface area contributed by atoms with Gasteiger partial charge in [-0.05, 0) is 6.07 Å². The minimum Gasteiger partial charge on any atom is -0.312 e. The van der Waals surface area contributed by atoms with Gasteiger partial charge in [0, 0.05) is 37.2 Å². The molecule has 2 rings (SSSR count). The Kier molecular flexibility index (Phi) is 4.64. The van der Waals surface area contributed by atoms with Crippen molar-refractivity contribution in [1.29, 1.82) is 0 Å². The Morgan fingerprint density at radius 1 is 1.21 bits per heavy atom. The number of aryl methyl sites for hydroxylation is 1. The van der Waals surface area contributed by atoms with Crippen LogP contribution in [0.25, 0.3) is 10.9 Å². The molecule has 102 valence electrons. The topological polar surface area (TPSA) is 52.3 Å². The molecule has 0 saturated heterocycles. The summed E-state index contributed by atoms with van der Waals surface area (Å²) >= 11 is 0. The molecule has 1 aromatic carbocycles. The van der Waals surface area contributed by atoms with E-state index >= 15 is 0 Å². The summed E-state index contributed by atoms with van der Waals surface area (Å²) < 4.78 is 23.5. The molecule has 0 fully saturated rings. The molecule has 0 atom stereocenters. The Morgan fingerprint density at radius 3 is 2.68 bits per heavy atom. The fourth-order valence-corrected chi connectivity index (χ4v) is 2.91. The van der Waals surface area contributed by atoms with Crippen molar-refractivity contribution in [1.82, 2.24) is 5.10 Å². The number of fused-ring (bicyclic) bond motifs is 1. The lowest BCUT2D eigenvalue weighted by Crippen LogP contribution is -2.37. The first-order chi connectivity index (χ1) is 9.17. The number of rotatable bonds is 6. The van der Waals surface area contributed by atoms with Crippen LogP contribution in [0.3, 0.4) is 0 Å². The fraction of sp³-hybridized carbons (Fsp3) is 0.385. The predicted octanol–water partition coefficient (Wildman–Crippen LogP) is 2.40. The van der Waals surface area contributed by atoms with E-state index in [0.29, 0.717) is 19.1 Å². The van der Waals surface area contributed by atoms with E-state index in [-0.39, 0.29) is 0 Å². The van der Waals surface area contributed by atoms with Crippen molar-refractivity contribution in [2.24, 2.45) is 0 Å². The molecule has 6 heteroatoms. The molecule has 0 unspecified atom stereocenters. The second-order valence-electron chi connectivity index (χ2n) is 4.19. The molecule has 0 amide bonds. The average molecular weight is 281 g/mol. The molecule has 0 aliphatic heterocycles. The summed E-state index contributed by atoms with van der Waals surface area (Å²) in [4.78, 5) is 0. The van der Waals surface area contributed by atoms with Gasteiger partial charge in [0.25, 0.3) is 0 Å². The maximum atomic E-state index is 11.9. The summed E-state index contributed by atoms with van der Waals surface area (Å²) in [6, 6.07) is 9.97. The molecule has 0 spiro atoms. The predicted molar refractivity (Wildman–Crippen MR) is 73.0 cm³/mol. The van der Waals surface area contributed by atoms with Gasteiger partial charge in [0.2, 0.25) is 0 Å². The number of nitrogens with zero attached hydrogens (tertiary/aromatic N) is 2. The molecule has 0 N–H and O–H groups in total. The smallest absolute Gasteiger partial charge is 0.312 e. The average Bonchev–Trinajstić information content (AvgIpc) is 2.47. The zero-order chi connectivity index (χ0) is 13.7. The lowest BCUT2D eigenvalue weighted by molar-refractivity contribution is -0.751. The highest BCUT2D eigenvalue weighted by molar-refractivity contribution is 7.53. The second-order valence-corrected chi connectivity index (χ2v) is 6.59. The van der Waals surface area contributed by atoms with Gasteiger partial charge >= 0.3 is 7.60 Å². The SMILES string of the molecule is COP(=O)(CCC[n+]1ccc2ccccc2n1)OC. The normalized spacial score (nSPS) is 11.9. The summed E-state index contributed by atoms with van der Waals surface area (Å²) in [5.74, 6) is 0. The Hall–Kier alpha value is -1.29. The van der Waals surface area contributed by atoms with Gasteiger partial charge in [0.15, 0.2) is 12.7 Å². The van der Waals surface area contributed by atoms with Crippen molar-refractivity contribution in [2.45, 2.75) is 13.0 Å². The Balaban J connectivity index is 2.00. The van der Waals surface area contributed by atoms with E-state index in [4.69, 9.17) is 9.05 Å². The lowest BCUT2D eigenvalue weighted by atomic mass is 10.2. The molecular formula is C13H18N2O3P+. The maximum Gasteiger partial charge on any atom is 0.330 e. The molecule has 1 aromatic heterocycles. The van der Waals surface area contributed by atoms with Crippen LogP contribution in [0.4, 0.5) is 0 Å². The molecule has 2 aromatic rings. The molecule has 0 aliphatic rings. The number of benzene rings is 1. The van der Waals surface area contributed by atoms with Crippen molar-refractivity contribution in [3.63, 3.8) is 0 Å². The van der Waals surface area contributed by atoms with Gasteiger partial charge in [-0.1, -0.05) is 22.9 Å². The summed E-state index contributed by atoms with van der Waals surface area (Å²) in [6.45, 7) is 0.682. The third-order valence-electron chi connectivity index (χ3n) is 2.97. The zero-order valence-electron chi connectivity index (χ0n) is 11.2. The van der Waals surface area contributed by atoms with Crippen molar-refractivity contribution in [3.8, 4) is 0 Å². The van der Waals surface area contributed by atoms with Gasteiger partial charge in [0.1, 0.15) is 5.52 Å². The number of hydrogen-bond donors (Lipinski definition) is 0. The highest BCUT2D eigenvalue weighted by atomic mass is 31.2. The second kappa shape index (κ2) is 6.24. The number of hydrogen-bond acceptors (Lipinski definition) is 4. The minimum absolute atomic E-state index is 0.390. The minimum atomic E-state index is -2.91. The van der Waals surface area contributed by atoms with Crippen LogP contribution in [0, 0.1) is 0 Å². The van der Waals surface area contributed by atoms with Gasteiger partial charge in [0.05, 0.1) is 6.16 Å². The van der Waals surface area contributed by atoms with Gasteiger partial charge < -0.3 is 9.05 Å². The van der Waals surface area contributed by atoms with E-state index in [1.54, 1.807) is 0 Å². The van der Waals surface area contributed by atoms with Crippen LogP contribution in [-0.2, 0) is 20.2 Å². The van der Waals surface area contributed by atoms with Crippen molar-refractivity contribution < 1.29 is 18.3 Å². The summed E-state index contributed by atoms with van der Waals surface area (Å²) in [7, 11) is -0.0904. The van der Waals surface area contributed by atoms with E-state index in [2.05, 4.69) is 5.10 Å². The molecule has 0 aliphatic carbocycles. The van der Waals surface area contributed by atoms with Crippen LogP contribution >= 0.6 is 7.60 Å². The first kappa shape index (κ1) is 14.1. The highest BCUT2D eigenvalue weighted by Crippen LogP contribution is 2.46. The summed E-state index contributed by atoms with van der Waals surface area (Å²) in [5, 5.41) is 5.60. The lowest BCUT2D eigenvalue weighted by Gasteiger charge is -2.11. The molecular weight excluding hydrogens is 263 g/mol. The fourth-order valence-electron chi connectivity index (χ4n) is 1.87. The standard InChI is InChI=1S/C13H18N2O3P/c1-17-19(16,18-2)11-5-9-15-10-8-12-6-3-4-7-13(12)14-15/h3-4,6-8,10H,5,9,11H2,1-2H3/q+1. The summed E-state index contributed by atoms with van der Waals surface area (Å²) in [5.41, 5.74) is 0.951. The van der Waals surface area contributed by atoms with E-state index in [1.165, 1.54) is 14.2 Å². The van der Waals surface area contributed by atoms with Gasteiger partial charge in [-0.15, -0.1) is 0 Å². The molecule has 5 nitrogen and oxygen atoms in total. The van der Waals surface area contributed by atoms with E-state index in [1.807, 2.05) is 41.2 Å². The van der Waals surface area contributed by atoms with E-state index < -0.39 is 7.60 Å². The monoisotopic (exact) mass is 281 g/mol. The molecule has 0 radical (unpaired) electrons. The van der Waals surface area contributed by atoms with Crippen molar-refractivity contribution in [2.75, 3.05) is 20.4 Å². The van der Waals surface area contributed by atoms with E-state index in [9.17, 15) is 4.57 Å². The molecule has 0 bridgehead atoms. The Bertz CT molecular complexity index is 595. The molecule has 19 heavy (non-hydrogen) atoms.